The van der Waals surface area contributed by atoms with E-state index >= 15 is 0 Å². The van der Waals surface area contributed by atoms with E-state index in [0.717, 1.165) is 43.4 Å². The third-order valence-electron chi connectivity index (χ3n) is 6.16. The van der Waals surface area contributed by atoms with Crippen LogP contribution in [0.5, 0.6) is 0 Å². The van der Waals surface area contributed by atoms with Crippen LogP contribution in [-0.4, -0.2) is 46.5 Å². The molecular weight excluding hydrogens is 362 g/mol. The average molecular weight is 387 g/mol. The van der Waals surface area contributed by atoms with Gasteiger partial charge in [-0.1, -0.05) is 48.5 Å². The number of carbonyl (C=O) groups is 1. The molecule has 1 fully saturated rings. The first-order chi connectivity index (χ1) is 14.2. The van der Waals surface area contributed by atoms with Gasteiger partial charge in [-0.3, -0.25) is 14.5 Å². The van der Waals surface area contributed by atoms with E-state index in [0.29, 0.717) is 25.2 Å². The van der Waals surface area contributed by atoms with E-state index in [9.17, 15) is 9.59 Å². The zero-order valence-electron chi connectivity index (χ0n) is 16.5. The highest BCUT2D eigenvalue weighted by atomic mass is 16.2. The van der Waals surface area contributed by atoms with E-state index in [1.54, 1.807) is 0 Å². The van der Waals surface area contributed by atoms with Gasteiger partial charge in [0.2, 0.25) is 0 Å². The molecule has 0 aliphatic carbocycles. The molecule has 148 valence electrons. The van der Waals surface area contributed by atoms with Crippen LogP contribution in [0.1, 0.15) is 27.9 Å². The van der Waals surface area contributed by atoms with Gasteiger partial charge in [-0.25, -0.2) is 0 Å². The number of nitrogens with zero attached hydrogens (tertiary/aromatic N) is 3. The molecule has 0 atom stereocenters. The summed E-state index contributed by atoms with van der Waals surface area (Å²) in [6, 6.07) is 18.3. The van der Waals surface area contributed by atoms with Crippen molar-refractivity contribution in [3.63, 3.8) is 0 Å². The summed E-state index contributed by atoms with van der Waals surface area (Å²) in [5.41, 5.74) is 3.68. The lowest BCUT2D eigenvalue weighted by molar-refractivity contribution is 0.0626. The second-order valence-electron chi connectivity index (χ2n) is 8.03. The topological polar surface area (TPSA) is 45.6 Å². The van der Waals surface area contributed by atoms with Crippen molar-refractivity contribution in [3.05, 3.63) is 81.6 Å². The first-order valence-corrected chi connectivity index (χ1v) is 10.4. The Balaban J connectivity index is 1.36. The zero-order chi connectivity index (χ0) is 19.8. The number of hydrogen-bond acceptors (Lipinski definition) is 3. The predicted molar refractivity (Wildman–Crippen MR) is 114 cm³/mol. The third kappa shape index (κ3) is 3.36. The molecule has 0 bridgehead atoms. The van der Waals surface area contributed by atoms with Crippen LogP contribution >= 0.6 is 0 Å². The number of para-hydroxylation sites is 1. The van der Waals surface area contributed by atoms with Crippen molar-refractivity contribution in [2.24, 2.45) is 0 Å². The van der Waals surface area contributed by atoms with Crippen LogP contribution in [0.25, 0.3) is 10.9 Å². The van der Waals surface area contributed by atoms with Crippen molar-refractivity contribution < 1.29 is 4.79 Å². The first kappa shape index (κ1) is 18.1. The summed E-state index contributed by atoms with van der Waals surface area (Å²) in [7, 11) is 0. The van der Waals surface area contributed by atoms with Crippen molar-refractivity contribution in [3.8, 4) is 0 Å². The van der Waals surface area contributed by atoms with Gasteiger partial charge in [0.15, 0.2) is 0 Å². The number of pyridine rings is 1. The number of aryl methyl sites for hydroxylation is 2. The fraction of sp³-hybridized carbons (Fsp3) is 0.333. The zero-order valence-corrected chi connectivity index (χ0v) is 16.5. The summed E-state index contributed by atoms with van der Waals surface area (Å²) in [6.07, 6.45) is 1.94. The lowest BCUT2D eigenvalue weighted by Gasteiger charge is -2.35. The maximum Gasteiger partial charge on any atom is 0.263 e. The number of benzene rings is 2. The molecule has 2 aliphatic rings. The molecule has 2 aromatic carbocycles. The van der Waals surface area contributed by atoms with Gasteiger partial charge in [-0.15, -0.1) is 0 Å². The standard InChI is InChI=1S/C24H25N3O2/c28-23(26-14-12-25(13-15-26)17-18-6-2-1-3-7-18)21-16-20-9-4-8-19-10-5-11-27(22(19)20)24(21)29/h1-4,6-9,16H,5,10-15,17H2. The molecule has 5 heteroatoms. The summed E-state index contributed by atoms with van der Waals surface area (Å²) in [5.74, 6) is -0.129. The minimum absolute atomic E-state index is 0.129. The van der Waals surface area contributed by atoms with Crippen LogP contribution in [0.2, 0.25) is 0 Å². The first-order valence-electron chi connectivity index (χ1n) is 10.4. The minimum Gasteiger partial charge on any atom is -0.336 e. The quantitative estimate of drug-likeness (QED) is 0.694. The van der Waals surface area contributed by atoms with Crippen molar-refractivity contribution in [2.45, 2.75) is 25.9 Å². The van der Waals surface area contributed by atoms with Gasteiger partial charge >= 0.3 is 0 Å². The van der Waals surface area contributed by atoms with Gasteiger partial charge in [-0.05, 0) is 35.4 Å². The Labute approximate surface area is 170 Å². The second-order valence-corrected chi connectivity index (χ2v) is 8.03. The molecule has 0 saturated carbocycles. The highest BCUT2D eigenvalue weighted by Crippen LogP contribution is 2.24. The maximum atomic E-state index is 13.2. The van der Waals surface area contributed by atoms with Crippen molar-refractivity contribution in [1.82, 2.24) is 14.4 Å². The third-order valence-corrected chi connectivity index (χ3v) is 6.16. The maximum absolute atomic E-state index is 13.2. The smallest absolute Gasteiger partial charge is 0.263 e. The molecule has 1 amide bonds. The Morgan fingerprint density at radius 2 is 1.69 bits per heavy atom. The van der Waals surface area contributed by atoms with Gasteiger partial charge in [-0.2, -0.15) is 0 Å². The van der Waals surface area contributed by atoms with E-state index in [1.165, 1.54) is 11.1 Å². The lowest BCUT2D eigenvalue weighted by Crippen LogP contribution is -2.49. The summed E-state index contributed by atoms with van der Waals surface area (Å²) < 4.78 is 1.81. The van der Waals surface area contributed by atoms with Crippen LogP contribution in [-0.2, 0) is 19.5 Å². The number of piperazine rings is 1. The molecule has 5 rings (SSSR count). The summed E-state index contributed by atoms with van der Waals surface area (Å²) in [5, 5.41) is 0.993. The highest BCUT2D eigenvalue weighted by Gasteiger charge is 2.26. The number of rotatable bonds is 3. The molecule has 29 heavy (non-hydrogen) atoms. The molecule has 2 aliphatic heterocycles. The fourth-order valence-corrected chi connectivity index (χ4v) is 4.64. The monoisotopic (exact) mass is 387 g/mol. The Morgan fingerprint density at radius 1 is 0.897 bits per heavy atom. The highest BCUT2D eigenvalue weighted by molar-refractivity contribution is 5.98. The fourth-order valence-electron chi connectivity index (χ4n) is 4.64. The molecule has 3 aromatic rings. The normalized spacial score (nSPS) is 16.9. The molecule has 0 N–H and O–H groups in total. The molecule has 1 saturated heterocycles. The number of hydrogen-bond donors (Lipinski definition) is 0. The number of carbonyl (C=O) groups excluding carboxylic acids is 1. The minimum atomic E-state index is -0.138. The van der Waals surface area contributed by atoms with Crippen LogP contribution in [0.4, 0.5) is 0 Å². The Hall–Kier alpha value is -2.92. The Kier molecular flexibility index (Phi) is 4.68. The predicted octanol–water partition coefficient (Wildman–Crippen LogP) is 2.91. The van der Waals surface area contributed by atoms with Crippen molar-refractivity contribution >= 4 is 16.8 Å². The molecular formula is C24H25N3O2. The van der Waals surface area contributed by atoms with E-state index in [1.807, 2.05) is 33.7 Å². The van der Waals surface area contributed by atoms with Gasteiger partial charge in [0.25, 0.3) is 11.5 Å². The van der Waals surface area contributed by atoms with Gasteiger partial charge < -0.3 is 9.47 Å². The molecule has 3 heterocycles. The van der Waals surface area contributed by atoms with E-state index in [2.05, 4.69) is 35.2 Å². The molecule has 0 unspecified atom stereocenters. The number of aromatic nitrogens is 1. The van der Waals surface area contributed by atoms with E-state index in [-0.39, 0.29) is 11.5 Å². The van der Waals surface area contributed by atoms with Crippen LogP contribution in [0.3, 0.4) is 0 Å². The van der Waals surface area contributed by atoms with Crippen molar-refractivity contribution in [1.29, 1.82) is 0 Å². The van der Waals surface area contributed by atoms with Crippen LogP contribution in [0.15, 0.2) is 59.4 Å². The van der Waals surface area contributed by atoms with E-state index in [4.69, 9.17) is 0 Å². The Morgan fingerprint density at radius 3 is 2.48 bits per heavy atom. The van der Waals surface area contributed by atoms with Crippen molar-refractivity contribution in [2.75, 3.05) is 26.2 Å². The SMILES string of the molecule is O=C(c1cc2cccc3c2n(c1=O)CCC3)N1CCN(Cc2ccccc2)CC1. The van der Waals surface area contributed by atoms with Gasteiger partial charge in [0, 0.05) is 39.3 Å². The summed E-state index contributed by atoms with van der Waals surface area (Å²) in [4.78, 5) is 30.5. The number of amides is 1. The summed E-state index contributed by atoms with van der Waals surface area (Å²) >= 11 is 0. The second kappa shape index (κ2) is 7.48. The average Bonchev–Trinajstić information content (AvgIpc) is 2.77. The van der Waals surface area contributed by atoms with Crippen LogP contribution in [0, 0.1) is 0 Å². The molecule has 1 aromatic heterocycles. The largest absolute Gasteiger partial charge is 0.336 e. The molecule has 0 spiro atoms. The van der Waals surface area contributed by atoms with Gasteiger partial charge in [0.1, 0.15) is 5.56 Å². The molecule has 0 radical (unpaired) electrons. The van der Waals surface area contributed by atoms with Crippen LogP contribution < -0.4 is 5.56 Å². The van der Waals surface area contributed by atoms with E-state index < -0.39 is 0 Å². The Bertz CT molecular complexity index is 1110. The lowest BCUT2D eigenvalue weighted by atomic mass is 10.00. The molecule has 5 nitrogen and oxygen atoms in total. The van der Waals surface area contributed by atoms with Gasteiger partial charge in [0.05, 0.1) is 5.52 Å². The summed E-state index contributed by atoms with van der Waals surface area (Å²) in [6.45, 7) is 4.55.